The number of hydrogen-bond donors (Lipinski definition) is 2. The molecule has 0 saturated heterocycles. The van der Waals surface area contributed by atoms with Gasteiger partial charge in [0.2, 0.25) is 0 Å². The Morgan fingerprint density at radius 2 is 1.97 bits per heavy atom. The molecule has 3 aromatic rings. The number of aromatic nitrogens is 1. The zero-order chi connectivity index (χ0) is 26.9. The Morgan fingerprint density at radius 3 is 2.65 bits per heavy atom. The van der Waals surface area contributed by atoms with Gasteiger partial charge < -0.3 is 20.7 Å². The number of nitrogens with two attached hydrogens (primary N) is 1. The number of thiophene rings is 1. The third-order valence-corrected chi connectivity index (χ3v) is 7.08. The predicted molar refractivity (Wildman–Crippen MR) is 142 cm³/mol. The minimum atomic E-state index is -0.605. The van der Waals surface area contributed by atoms with Gasteiger partial charge in [0.1, 0.15) is 26.9 Å². The minimum absolute atomic E-state index is 0.113. The van der Waals surface area contributed by atoms with Crippen LogP contribution in [0, 0.1) is 18.6 Å². The molecule has 1 aliphatic heterocycles. The topological polar surface area (TPSA) is 97.6 Å². The number of carbonyl (C=O) groups is 2. The maximum Gasteiger partial charge on any atom is 0.410 e. The van der Waals surface area contributed by atoms with Gasteiger partial charge in [-0.25, -0.2) is 18.6 Å². The molecule has 0 atom stereocenters. The highest BCUT2D eigenvalue weighted by molar-refractivity contribution is 7.21. The van der Waals surface area contributed by atoms with Crippen molar-refractivity contribution in [3.05, 3.63) is 63.7 Å². The molecule has 0 aliphatic carbocycles. The van der Waals surface area contributed by atoms with Crippen LogP contribution in [0.15, 0.2) is 30.3 Å². The number of fused-ring (bicyclic) bond motifs is 1. The average Bonchev–Trinajstić information content (AvgIpc) is 3.15. The van der Waals surface area contributed by atoms with Crippen LogP contribution < -0.4 is 11.1 Å². The van der Waals surface area contributed by atoms with E-state index < -0.39 is 23.3 Å². The van der Waals surface area contributed by atoms with E-state index in [-0.39, 0.29) is 36.5 Å². The highest BCUT2D eigenvalue weighted by Gasteiger charge is 2.25. The van der Waals surface area contributed by atoms with Gasteiger partial charge >= 0.3 is 6.09 Å². The molecule has 0 fully saturated rings. The van der Waals surface area contributed by atoms with Crippen LogP contribution in [0.4, 0.5) is 19.3 Å². The van der Waals surface area contributed by atoms with Gasteiger partial charge in [-0.05, 0) is 75.9 Å². The molecule has 1 aliphatic rings. The van der Waals surface area contributed by atoms with Crippen LogP contribution in [0.3, 0.4) is 0 Å². The maximum atomic E-state index is 14.9. The number of nitrogens with one attached hydrogen (secondary N) is 1. The van der Waals surface area contributed by atoms with Gasteiger partial charge in [0.05, 0.1) is 5.69 Å². The van der Waals surface area contributed by atoms with Crippen molar-refractivity contribution in [2.75, 3.05) is 25.4 Å². The first-order valence-electron chi connectivity index (χ1n) is 12.0. The van der Waals surface area contributed by atoms with E-state index in [0.717, 1.165) is 11.1 Å². The number of benzene rings is 1. The second kappa shape index (κ2) is 10.5. The van der Waals surface area contributed by atoms with Gasteiger partial charge in [-0.1, -0.05) is 6.08 Å². The van der Waals surface area contributed by atoms with Crippen LogP contribution in [0.25, 0.3) is 15.8 Å². The van der Waals surface area contributed by atoms with Crippen LogP contribution in [-0.2, 0) is 11.2 Å². The van der Waals surface area contributed by atoms with Crippen molar-refractivity contribution in [1.29, 1.82) is 0 Å². The smallest absolute Gasteiger partial charge is 0.410 e. The lowest BCUT2D eigenvalue weighted by Gasteiger charge is -2.29. The van der Waals surface area contributed by atoms with Crippen molar-refractivity contribution in [1.82, 2.24) is 15.2 Å². The molecule has 0 bridgehead atoms. The van der Waals surface area contributed by atoms with E-state index in [0.29, 0.717) is 33.9 Å². The Morgan fingerprint density at radius 1 is 1.22 bits per heavy atom. The zero-order valence-electron chi connectivity index (χ0n) is 21.3. The number of ether oxygens (including phenoxy) is 1. The number of aryl methyl sites for hydroxylation is 1. The summed E-state index contributed by atoms with van der Waals surface area (Å²) in [7, 11) is 0. The quantitative estimate of drug-likeness (QED) is 0.458. The molecule has 7 nitrogen and oxygen atoms in total. The van der Waals surface area contributed by atoms with E-state index in [9.17, 15) is 18.4 Å². The minimum Gasteiger partial charge on any atom is -0.444 e. The van der Waals surface area contributed by atoms with Gasteiger partial charge in [0.25, 0.3) is 5.91 Å². The van der Waals surface area contributed by atoms with Crippen LogP contribution in [-0.4, -0.2) is 47.1 Å². The molecule has 0 spiro atoms. The number of rotatable bonds is 5. The summed E-state index contributed by atoms with van der Waals surface area (Å²) < 4.78 is 35.1. The van der Waals surface area contributed by atoms with Crippen molar-refractivity contribution in [3.8, 4) is 0 Å². The van der Waals surface area contributed by atoms with Crippen molar-refractivity contribution in [2.45, 2.75) is 46.1 Å². The van der Waals surface area contributed by atoms with Crippen LogP contribution in [0.2, 0.25) is 0 Å². The number of pyridine rings is 1. The molecule has 3 N–H and O–H groups in total. The summed E-state index contributed by atoms with van der Waals surface area (Å²) in [6.45, 7) is 7.96. The molecule has 10 heteroatoms. The molecule has 0 saturated carbocycles. The van der Waals surface area contributed by atoms with E-state index in [1.807, 2.05) is 19.1 Å². The number of nitrogen functional groups attached to an aromatic ring is 1. The second-order valence-corrected chi connectivity index (χ2v) is 11.0. The molecule has 4 rings (SSSR count). The summed E-state index contributed by atoms with van der Waals surface area (Å²) in [5.74, 6) is -1.48. The Labute approximate surface area is 218 Å². The second-order valence-electron chi connectivity index (χ2n) is 9.99. The summed E-state index contributed by atoms with van der Waals surface area (Å²) in [6.07, 6.45) is 1.78. The summed E-state index contributed by atoms with van der Waals surface area (Å²) in [5, 5.41) is 3.45. The standard InChI is InChI=1S/C27H30F2N4O3S/c1-15-5-6-18-22(30)23(37-25(18)32-15)24(34)31-10-7-17-13-21(29)19(14-20(17)28)16-8-11-33(12-9-16)26(35)36-27(2,3)4/h5-6,8,13-14H,7,9-12,30H2,1-4H3,(H,31,34). The molecule has 2 aromatic heterocycles. The van der Waals surface area contributed by atoms with Crippen molar-refractivity contribution < 1.29 is 23.1 Å². The molecule has 1 aromatic carbocycles. The Hall–Kier alpha value is -3.53. The normalized spacial score (nSPS) is 14.0. The zero-order valence-corrected chi connectivity index (χ0v) is 22.1. The van der Waals surface area contributed by atoms with Crippen LogP contribution in [0.1, 0.15) is 53.7 Å². The number of halogens is 2. The van der Waals surface area contributed by atoms with Gasteiger partial charge in [-0.15, -0.1) is 11.3 Å². The lowest BCUT2D eigenvalue weighted by atomic mass is 9.97. The van der Waals surface area contributed by atoms with Crippen LogP contribution >= 0.6 is 11.3 Å². The fraction of sp³-hybridized carbons (Fsp3) is 0.370. The predicted octanol–water partition coefficient (Wildman–Crippen LogP) is 5.46. The average molecular weight is 529 g/mol. The van der Waals surface area contributed by atoms with E-state index in [2.05, 4.69) is 10.3 Å². The van der Waals surface area contributed by atoms with Gasteiger partial charge in [-0.3, -0.25) is 4.79 Å². The number of hydrogen-bond acceptors (Lipinski definition) is 6. The van der Waals surface area contributed by atoms with Crippen molar-refractivity contribution >= 4 is 44.8 Å². The number of nitrogens with zero attached hydrogens (tertiary/aromatic N) is 2. The number of anilines is 1. The molecular formula is C27H30F2N4O3S. The number of carbonyl (C=O) groups excluding carboxylic acids is 2. The first kappa shape index (κ1) is 26.5. The largest absolute Gasteiger partial charge is 0.444 e. The van der Waals surface area contributed by atoms with Crippen LogP contribution in [0.5, 0.6) is 0 Å². The van der Waals surface area contributed by atoms with Crippen molar-refractivity contribution in [3.63, 3.8) is 0 Å². The van der Waals surface area contributed by atoms with Crippen molar-refractivity contribution in [2.24, 2.45) is 0 Å². The van der Waals surface area contributed by atoms with Gasteiger partial charge in [-0.2, -0.15) is 0 Å². The SMILES string of the molecule is Cc1ccc2c(N)c(C(=O)NCCc3cc(F)c(C4=CCN(C(=O)OC(C)(C)C)CC4)cc3F)sc2n1. The molecule has 0 unspecified atom stereocenters. The molecule has 0 radical (unpaired) electrons. The van der Waals surface area contributed by atoms with Gasteiger partial charge in [0, 0.05) is 36.3 Å². The summed E-state index contributed by atoms with van der Waals surface area (Å²) in [4.78, 5) is 31.8. The van der Waals surface area contributed by atoms with E-state index in [1.165, 1.54) is 28.4 Å². The maximum absolute atomic E-state index is 14.9. The Bertz CT molecular complexity index is 1390. The molecule has 37 heavy (non-hydrogen) atoms. The molecule has 196 valence electrons. The highest BCUT2D eigenvalue weighted by Crippen LogP contribution is 2.32. The summed E-state index contributed by atoms with van der Waals surface area (Å²) in [6, 6.07) is 6.00. The van der Waals surface area contributed by atoms with Gasteiger partial charge in [0.15, 0.2) is 0 Å². The Balaban J connectivity index is 1.38. The molecule has 2 amide bonds. The number of amides is 2. The lowest BCUT2D eigenvalue weighted by Crippen LogP contribution is -2.39. The summed E-state index contributed by atoms with van der Waals surface area (Å²) in [5.41, 5.74) is 7.68. The lowest BCUT2D eigenvalue weighted by molar-refractivity contribution is 0.0270. The first-order valence-corrected chi connectivity index (χ1v) is 12.8. The fourth-order valence-electron chi connectivity index (χ4n) is 4.08. The van der Waals surface area contributed by atoms with E-state index in [1.54, 1.807) is 26.8 Å². The van der Waals surface area contributed by atoms with E-state index >= 15 is 0 Å². The fourth-order valence-corrected chi connectivity index (χ4v) is 5.14. The molecular weight excluding hydrogens is 498 g/mol. The monoisotopic (exact) mass is 528 g/mol. The first-order chi connectivity index (χ1) is 17.4. The third-order valence-electron chi connectivity index (χ3n) is 5.96. The molecule has 3 heterocycles. The summed E-state index contributed by atoms with van der Waals surface area (Å²) >= 11 is 1.20. The van der Waals surface area contributed by atoms with E-state index in [4.69, 9.17) is 10.5 Å². The highest BCUT2D eigenvalue weighted by atomic mass is 32.1. The third kappa shape index (κ3) is 6.07. The Kier molecular flexibility index (Phi) is 7.49.